The van der Waals surface area contributed by atoms with Crippen molar-refractivity contribution in [1.29, 1.82) is 0 Å². The Hall–Kier alpha value is -3.55. The summed E-state index contributed by atoms with van der Waals surface area (Å²) in [5.74, 6) is -1.70. The van der Waals surface area contributed by atoms with E-state index in [1.807, 2.05) is 0 Å². The maximum Gasteiger partial charge on any atom is 0.573 e. The van der Waals surface area contributed by atoms with Crippen molar-refractivity contribution in [2.45, 2.75) is 52.5 Å². The minimum Gasteiger partial charge on any atom is -0.491 e. The second-order valence-corrected chi connectivity index (χ2v) is 14.6. The number of fused-ring (bicyclic) bond motifs is 1. The summed E-state index contributed by atoms with van der Waals surface area (Å²) in [5, 5.41) is 0.753. The van der Waals surface area contributed by atoms with Crippen LogP contribution in [0.4, 0.5) is 28.9 Å². The zero-order valence-electron chi connectivity index (χ0n) is 25.2. The van der Waals surface area contributed by atoms with Crippen molar-refractivity contribution < 1.29 is 40.2 Å². The molecule has 0 aliphatic rings. The van der Waals surface area contributed by atoms with Crippen LogP contribution >= 0.6 is 22.9 Å². The van der Waals surface area contributed by atoms with Crippen LogP contribution in [0, 0.1) is 5.82 Å². The molecule has 1 aromatic heterocycles. The quantitative estimate of drug-likeness (QED) is 0.169. The Morgan fingerprint density at radius 3 is 2.27 bits per heavy atom. The Morgan fingerprint density at radius 1 is 1.00 bits per heavy atom. The van der Waals surface area contributed by atoms with Gasteiger partial charge >= 0.3 is 6.36 Å². The maximum atomic E-state index is 14.7. The number of ether oxygens (including phenoxy) is 2. The van der Waals surface area contributed by atoms with Crippen molar-refractivity contribution in [2.24, 2.45) is 0 Å². The Bertz CT molecular complexity index is 1860. The monoisotopic (exact) mass is 686 g/mol. The third-order valence-corrected chi connectivity index (χ3v) is 9.56. The highest BCUT2D eigenvalue weighted by Gasteiger charge is 2.33. The van der Waals surface area contributed by atoms with Gasteiger partial charge in [0, 0.05) is 33.9 Å². The topological polar surface area (TPSA) is 84.9 Å². The Kier molecular flexibility index (Phi) is 9.68. The molecule has 0 fully saturated rings. The molecule has 1 heterocycles. The minimum absolute atomic E-state index is 0.191. The van der Waals surface area contributed by atoms with Crippen molar-refractivity contribution >= 4 is 60.3 Å². The van der Waals surface area contributed by atoms with Gasteiger partial charge in [0.1, 0.15) is 17.3 Å². The summed E-state index contributed by atoms with van der Waals surface area (Å²) in [7, 11) is -2.19. The van der Waals surface area contributed by atoms with Gasteiger partial charge in [-0.25, -0.2) is 12.8 Å². The van der Waals surface area contributed by atoms with E-state index in [1.165, 1.54) is 37.1 Å². The van der Waals surface area contributed by atoms with Crippen molar-refractivity contribution in [3.8, 4) is 11.5 Å². The third kappa shape index (κ3) is 8.19. The molecule has 0 unspecified atom stereocenters. The third-order valence-electron chi connectivity index (χ3n) is 6.97. The average molecular weight is 687 g/mol. The molecule has 0 saturated carbocycles. The maximum absolute atomic E-state index is 14.7. The van der Waals surface area contributed by atoms with Crippen molar-refractivity contribution in [3.63, 3.8) is 0 Å². The predicted molar refractivity (Wildman–Crippen MR) is 170 cm³/mol. The van der Waals surface area contributed by atoms with Crippen LogP contribution in [0.5, 0.6) is 11.5 Å². The van der Waals surface area contributed by atoms with Gasteiger partial charge in [-0.15, -0.1) is 24.5 Å². The normalized spacial score (nSPS) is 12.4. The molecule has 7 nitrogen and oxygen atoms in total. The fourth-order valence-electron chi connectivity index (χ4n) is 4.53. The standard InChI is InChI=1S/C31H31ClF4N2O5S2/c1-7-45(40,41)37-26-8-18-9-28(44-27(18)16-25(26)33)29(39)38(6)22-11-19(10-21(32)14-22)30(4,5)20-12-23(42-17(2)3)15-24(13-20)43-31(34,35)36/h8-17,37H,7H2,1-6H3. The first kappa shape index (κ1) is 34.3. The van der Waals surface area contributed by atoms with Crippen LogP contribution in [-0.4, -0.2) is 39.6 Å². The van der Waals surface area contributed by atoms with Crippen LogP contribution in [0.2, 0.25) is 5.02 Å². The molecular weight excluding hydrogens is 656 g/mol. The van der Waals surface area contributed by atoms with Crippen LogP contribution in [0.25, 0.3) is 10.1 Å². The van der Waals surface area contributed by atoms with Gasteiger partial charge in [0.05, 0.1) is 22.4 Å². The summed E-state index contributed by atoms with van der Waals surface area (Å²) >= 11 is 7.53. The second-order valence-electron chi connectivity index (χ2n) is 11.1. The molecule has 242 valence electrons. The molecule has 0 saturated heterocycles. The summed E-state index contributed by atoms with van der Waals surface area (Å²) < 4.78 is 90.5. The van der Waals surface area contributed by atoms with Crippen LogP contribution < -0.4 is 19.1 Å². The predicted octanol–water partition coefficient (Wildman–Crippen LogP) is 8.74. The van der Waals surface area contributed by atoms with Gasteiger partial charge < -0.3 is 14.4 Å². The lowest BCUT2D eigenvalue weighted by molar-refractivity contribution is -0.274. The van der Waals surface area contributed by atoms with E-state index in [0.717, 1.165) is 17.4 Å². The van der Waals surface area contributed by atoms with E-state index < -0.39 is 39.3 Å². The number of benzene rings is 3. The fraction of sp³-hybridized carbons (Fsp3) is 0.323. The molecule has 1 amide bonds. The van der Waals surface area contributed by atoms with E-state index >= 15 is 0 Å². The number of amides is 1. The number of carbonyl (C=O) groups is 1. The molecular formula is C31H31ClF4N2O5S2. The summed E-state index contributed by atoms with van der Waals surface area (Å²) in [6.45, 7) is 8.51. The molecule has 0 aliphatic carbocycles. The lowest BCUT2D eigenvalue weighted by Gasteiger charge is -2.29. The van der Waals surface area contributed by atoms with Gasteiger partial charge in [0.25, 0.3) is 5.91 Å². The van der Waals surface area contributed by atoms with Crippen LogP contribution in [0.15, 0.2) is 54.6 Å². The summed E-state index contributed by atoms with van der Waals surface area (Å²) in [6, 6.07) is 13.0. The number of hydrogen-bond acceptors (Lipinski definition) is 6. The highest BCUT2D eigenvalue weighted by atomic mass is 35.5. The fourth-order valence-corrected chi connectivity index (χ4v) is 6.44. The van der Waals surface area contributed by atoms with Gasteiger partial charge in [-0.3, -0.25) is 9.52 Å². The first-order chi connectivity index (χ1) is 20.8. The SMILES string of the molecule is CCS(=O)(=O)Nc1cc2cc(C(=O)N(C)c3cc(Cl)cc(C(C)(C)c4cc(OC(C)C)cc(OC(F)(F)F)c4)c3)sc2cc1F. The second kappa shape index (κ2) is 12.7. The van der Waals surface area contributed by atoms with Crippen molar-refractivity contribution in [2.75, 3.05) is 22.4 Å². The Labute approximate surface area is 267 Å². The van der Waals surface area contributed by atoms with Crippen molar-refractivity contribution in [3.05, 3.63) is 81.4 Å². The van der Waals surface area contributed by atoms with Gasteiger partial charge in [-0.2, -0.15) is 0 Å². The number of sulfonamides is 1. The lowest BCUT2D eigenvalue weighted by Crippen LogP contribution is -2.26. The molecule has 4 aromatic rings. The number of nitrogens with zero attached hydrogens (tertiary/aromatic N) is 1. The molecule has 45 heavy (non-hydrogen) atoms. The van der Waals surface area contributed by atoms with Gasteiger partial charge in [0.2, 0.25) is 10.0 Å². The number of alkyl halides is 3. The lowest BCUT2D eigenvalue weighted by atomic mass is 9.77. The average Bonchev–Trinajstić information content (AvgIpc) is 3.33. The number of thiophene rings is 1. The highest BCUT2D eigenvalue weighted by Crippen LogP contribution is 2.40. The van der Waals surface area contributed by atoms with E-state index in [4.69, 9.17) is 16.3 Å². The number of halogens is 5. The van der Waals surface area contributed by atoms with Gasteiger partial charge in [-0.1, -0.05) is 25.4 Å². The highest BCUT2D eigenvalue weighted by molar-refractivity contribution is 7.92. The zero-order chi connectivity index (χ0) is 33.5. The summed E-state index contributed by atoms with van der Waals surface area (Å²) in [5.41, 5.74) is 0.291. The van der Waals surface area contributed by atoms with E-state index in [9.17, 15) is 30.8 Å². The summed E-state index contributed by atoms with van der Waals surface area (Å²) in [4.78, 5) is 15.2. The molecule has 0 radical (unpaired) electrons. The van der Waals surface area contributed by atoms with E-state index in [2.05, 4.69) is 9.46 Å². The molecule has 4 rings (SSSR count). The Morgan fingerprint density at radius 2 is 1.64 bits per heavy atom. The molecule has 0 bridgehead atoms. The zero-order valence-corrected chi connectivity index (χ0v) is 27.6. The van der Waals surface area contributed by atoms with Gasteiger partial charge in [0.15, 0.2) is 0 Å². The number of carbonyl (C=O) groups excluding carboxylic acids is 1. The van der Waals surface area contributed by atoms with E-state index in [-0.39, 0.29) is 33.2 Å². The van der Waals surface area contributed by atoms with Gasteiger partial charge in [-0.05, 0) is 85.8 Å². The first-order valence-corrected chi connectivity index (χ1v) is 16.5. The number of anilines is 2. The first-order valence-electron chi connectivity index (χ1n) is 13.7. The minimum atomic E-state index is -4.91. The molecule has 3 aromatic carbocycles. The molecule has 1 N–H and O–H groups in total. The molecule has 14 heteroatoms. The van der Waals surface area contributed by atoms with Crippen LogP contribution in [-0.2, 0) is 15.4 Å². The molecule has 0 atom stereocenters. The largest absolute Gasteiger partial charge is 0.573 e. The molecule has 0 spiro atoms. The Balaban J connectivity index is 1.70. The van der Waals surface area contributed by atoms with Crippen molar-refractivity contribution in [1.82, 2.24) is 0 Å². The van der Waals surface area contributed by atoms with E-state index in [1.54, 1.807) is 58.0 Å². The molecule has 0 aliphatic heterocycles. The van der Waals surface area contributed by atoms with E-state index in [0.29, 0.717) is 26.9 Å². The number of hydrogen-bond donors (Lipinski definition) is 1. The van der Waals surface area contributed by atoms with Crippen LogP contribution in [0.1, 0.15) is 55.4 Å². The smallest absolute Gasteiger partial charge is 0.491 e. The number of nitrogens with one attached hydrogen (secondary N) is 1. The number of rotatable bonds is 10. The van der Waals surface area contributed by atoms with Crippen LogP contribution in [0.3, 0.4) is 0 Å². The summed E-state index contributed by atoms with van der Waals surface area (Å²) in [6.07, 6.45) is -5.22.